The summed E-state index contributed by atoms with van der Waals surface area (Å²) in [6, 6.07) is 9.66. The van der Waals surface area contributed by atoms with Crippen molar-refractivity contribution in [2.75, 3.05) is 5.32 Å². The smallest absolute Gasteiger partial charge is 0.121 e. The summed E-state index contributed by atoms with van der Waals surface area (Å²) in [6.45, 7) is 4.31. The van der Waals surface area contributed by atoms with E-state index in [-0.39, 0.29) is 6.04 Å². The molecule has 0 spiro atoms. The van der Waals surface area contributed by atoms with Gasteiger partial charge in [-0.05, 0) is 54.7 Å². The van der Waals surface area contributed by atoms with Gasteiger partial charge < -0.3 is 10.4 Å². The molecule has 0 saturated carbocycles. The molecule has 0 bridgehead atoms. The van der Waals surface area contributed by atoms with Crippen LogP contribution in [0.3, 0.4) is 0 Å². The molecular weight excluding hydrogens is 350 g/mol. The minimum absolute atomic E-state index is 0.0913. The fourth-order valence-electron chi connectivity index (χ4n) is 3.27. The van der Waals surface area contributed by atoms with Gasteiger partial charge in [0.2, 0.25) is 0 Å². The first kappa shape index (κ1) is 14.7. The zero-order valence-electron chi connectivity index (χ0n) is 12.0. The number of aryl methyl sites for hydroxylation is 1. The summed E-state index contributed by atoms with van der Waals surface area (Å²) in [5, 5.41) is 14.4. The van der Waals surface area contributed by atoms with Gasteiger partial charge in [0.25, 0.3) is 0 Å². The minimum atomic E-state index is 0.0913. The molecule has 2 aromatic rings. The fraction of sp³-hybridized carbons (Fsp3) is 0.294. The summed E-state index contributed by atoms with van der Waals surface area (Å²) in [5.74, 6) is 0.796. The third-order valence-electron chi connectivity index (χ3n) is 4.17. The van der Waals surface area contributed by atoms with Crippen molar-refractivity contribution in [3.8, 4) is 5.75 Å². The molecule has 1 aliphatic carbocycles. The number of hydrogen-bond acceptors (Lipinski definition) is 2. The van der Waals surface area contributed by atoms with E-state index < -0.39 is 0 Å². The summed E-state index contributed by atoms with van der Waals surface area (Å²) in [7, 11) is 0. The molecular formula is C17H17BrClNO. The zero-order chi connectivity index (χ0) is 15.1. The Morgan fingerprint density at radius 1 is 1.24 bits per heavy atom. The van der Waals surface area contributed by atoms with Crippen molar-refractivity contribution in [2.45, 2.75) is 32.2 Å². The summed E-state index contributed by atoms with van der Waals surface area (Å²) in [6.07, 6.45) is 0.958. The van der Waals surface area contributed by atoms with Crippen molar-refractivity contribution < 1.29 is 5.11 Å². The number of phenols is 1. The largest absolute Gasteiger partial charge is 0.508 e. The molecule has 2 N–H and O–H groups in total. The number of hydrogen-bond donors (Lipinski definition) is 2. The SMILES string of the molecule is Cc1ccc(O)c2c1C(C)CC2Nc1ccc(Br)cc1Cl. The molecule has 0 saturated heterocycles. The van der Waals surface area contributed by atoms with Crippen LogP contribution in [0.4, 0.5) is 5.69 Å². The van der Waals surface area contributed by atoms with Gasteiger partial charge in [-0.15, -0.1) is 0 Å². The Morgan fingerprint density at radius 3 is 2.71 bits per heavy atom. The Balaban J connectivity index is 1.98. The Bertz CT molecular complexity index is 701. The third-order valence-corrected chi connectivity index (χ3v) is 4.98. The van der Waals surface area contributed by atoms with Gasteiger partial charge in [-0.1, -0.05) is 40.5 Å². The van der Waals surface area contributed by atoms with Crippen molar-refractivity contribution >= 4 is 33.2 Å². The van der Waals surface area contributed by atoms with Crippen molar-refractivity contribution in [1.29, 1.82) is 0 Å². The molecule has 2 atom stereocenters. The monoisotopic (exact) mass is 365 g/mol. The van der Waals surface area contributed by atoms with E-state index in [0.717, 1.165) is 22.1 Å². The van der Waals surface area contributed by atoms with E-state index >= 15 is 0 Å². The topological polar surface area (TPSA) is 32.3 Å². The van der Waals surface area contributed by atoms with Crippen molar-refractivity contribution in [3.05, 3.63) is 56.5 Å². The van der Waals surface area contributed by atoms with Gasteiger partial charge in [0.15, 0.2) is 0 Å². The van der Waals surface area contributed by atoms with Crippen LogP contribution < -0.4 is 5.32 Å². The van der Waals surface area contributed by atoms with E-state index in [0.29, 0.717) is 16.7 Å². The highest BCUT2D eigenvalue weighted by molar-refractivity contribution is 9.10. The lowest BCUT2D eigenvalue weighted by Crippen LogP contribution is -2.08. The Kier molecular flexibility index (Phi) is 3.89. The van der Waals surface area contributed by atoms with Crippen LogP contribution in [0.15, 0.2) is 34.8 Å². The van der Waals surface area contributed by atoms with Gasteiger partial charge in [-0.2, -0.15) is 0 Å². The van der Waals surface area contributed by atoms with Crippen LogP contribution in [0.2, 0.25) is 5.02 Å². The average molecular weight is 367 g/mol. The molecule has 2 aromatic carbocycles. The molecule has 21 heavy (non-hydrogen) atoms. The van der Waals surface area contributed by atoms with Crippen LogP contribution in [0.1, 0.15) is 42.0 Å². The van der Waals surface area contributed by atoms with Crippen LogP contribution in [-0.2, 0) is 0 Å². The average Bonchev–Trinajstić information content (AvgIpc) is 2.75. The number of aromatic hydroxyl groups is 1. The number of nitrogens with one attached hydrogen (secondary N) is 1. The maximum Gasteiger partial charge on any atom is 0.121 e. The van der Waals surface area contributed by atoms with Crippen LogP contribution in [0, 0.1) is 6.92 Å². The lowest BCUT2D eigenvalue weighted by Gasteiger charge is -2.18. The van der Waals surface area contributed by atoms with E-state index in [1.165, 1.54) is 11.1 Å². The molecule has 110 valence electrons. The fourth-order valence-corrected chi connectivity index (χ4v) is 4.00. The predicted octanol–water partition coefficient (Wildman–Crippen LogP) is 5.78. The lowest BCUT2D eigenvalue weighted by atomic mass is 9.97. The van der Waals surface area contributed by atoms with E-state index in [2.05, 4.69) is 35.1 Å². The Labute approximate surface area is 138 Å². The number of phenolic OH excluding ortho intramolecular Hbond substituents is 1. The molecule has 2 unspecified atom stereocenters. The molecule has 4 heteroatoms. The van der Waals surface area contributed by atoms with Crippen LogP contribution >= 0.6 is 27.5 Å². The lowest BCUT2D eigenvalue weighted by molar-refractivity contribution is 0.465. The molecule has 0 aromatic heterocycles. The highest BCUT2D eigenvalue weighted by Gasteiger charge is 2.32. The Hall–Kier alpha value is -1.19. The number of rotatable bonds is 2. The van der Waals surface area contributed by atoms with Gasteiger partial charge in [0, 0.05) is 10.0 Å². The van der Waals surface area contributed by atoms with Crippen LogP contribution in [0.5, 0.6) is 5.75 Å². The summed E-state index contributed by atoms with van der Waals surface area (Å²) in [4.78, 5) is 0. The number of anilines is 1. The molecule has 0 radical (unpaired) electrons. The van der Waals surface area contributed by atoms with Crippen LogP contribution in [-0.4, -0.2) is 5.11 Å². The van der Waals surface area contributed by atoms with Gasteiger partial charge in [-0.25, -0.2) is 0 Å². The van der Waals surface area contributed by atoms with Gasteiger partial charge in [-0.3, -0.25) is 0 Å². The minimum Gasteiger partial charge on any atom is -0.508 e. The number of benzene rings is 2. The summed E-state index contributed by atoms with van der Waals surface area (Å²) in [5.41, 5.74) is 4.41. The second kappa shape index (κ2) is 5.54. The maximum absolute atomic E-state index is 10.3. The van der Waals surface area contributed by atoms with Crippen LogP contribution in [0.25, 0.3) is 0 Å². The maximum atomic E-state index is 10.3. The highest BCUT2D eigenvalue weighted by atomic mass is 79.9. The molecule has 2 nitrogen and oxygen atoms in total. The zero-order valence-corrected chi connectivity index (χ0v) is 14.3. The Morgan fingerprint density at radius 2 is 2.00 bits per heavy atom. The molecule has 3 rings (SSSR count). The molecule has 1 aliphatic rings. The second-order valence-electron chi connectivity index (χ2n) is 5.69. The number of fused-ring (bicyclic) bond motifs is 1. The first-order valence-corrected chi connectivity index (χ1v) is 8.18. The van der Waals surface area contributed by atoms with Crippen molar-refractivity contribution in [1.82, 2.24) is 0 Å². The standard InChI is InChI=1S/C17H17BrClNO/c1-9-3-6-15(21)17-14(7-10(2)16(9)17)20-13-5-4-11(18)8-12(13)19/h3-6,8,10,14,20-21H,7H2,1-2H3. The van der Waals surface area contributed by atoms with Crippen molar-refractivity contribution in [3.63, 3.8) is 0 Å². The first-order valence-electron chi connectivity index (χ1n) is 7.01. The number of halogens is 2. The van der Waals surface area contributed by atoms with E-state index in [9.17, 15) is 5.11 Å². The van der Waals surface area contributed by atoms with Gasteiger partial charge in [0.1, 0.15) is 5.75 Å². The predicted molar refractivity (Wildman–Crippen MR) is 91.4 cm³/mol. The third kappa shape index (κ3) is 2.65. The first-order chi connectivity index (χ1) is 9.97. The second-order valence-corrected chi connectivity index (χ2v) is 7.01. The molecule has 0 fully saturated rings. The quantitative estimate of drug-likeness (QED) is 0.706. The summed E-state index contributed by atoms with van der Waals surface area (Å²) < 4.78 is 0.955. The van der Waals surface area contributed by atoms with Crippen molar-refractivity contribution in [2.24, 2.45) is 0 Å². The molecule has 0 amide bonds. The molecule has 0 heterocycles. The van der Waals surface area contributed by atoms with Gasteiger partial charge >= 0.3 is 0 Å². The van der Waals surface area contributed by atoms with E-state index in [4.69, 9.17) is 11.6 Å². The van der Waals surface area contributed by atoms with Gasteiger partial charge in [0.05, 0.1) is 16.8 Å². The highest BCUT2D eigenvalue weighted by Crippen LogP contribution is 2.47. The van der Waals surface area contributed by atoms with E-state index in [1.807, 2.05) is 24.3 Å². The normalized spacial score (nSPS) is 20.4. The summed E-state index contributed by atoms with van der Waals surface area (Å²) >= 11 is 9.70. The molecule has 0 aliphatic heterocycles. The van der Waals surface area contributed by atoms with E-state index in [1.54, 1.807) is 6.07 Å².